The zero-order valence-electron chi connectivity index (χ0n) is 22.5. The Morgan fingerprint density at radius 3 is 2.61 bits per heavy atom. The number of benzene rings is 2. The van der Waals surface area contributed by atoms with Gasteiger partial charge in [0.2, 0.25) is 5.88 Å². The summed E-state index contributed by atoms with van der Waals surface area (Å²) in [6.07, 6.45) is 0.741. The van der Waals surface area contributed by atoms with Crippen molar-refractivity contribution in [2.45, 2.75) is 39.2 Å². The molecule has 0 spiro atoms. The van der Waals surface area contributed by atoms with Gasteiger partial charge in [-0.25, -0.2) is 13.5 Å². The molecule has 0 unspecified atom stereocenters. The Labute approximate surface area is 222 Å². The number of rotatable bonds is 12. The summed E-state index contributed by atoms with van der Waals surface area (Å²) in [5, 5.41) is 6.47. The Kier molecular flexibility index (Phi) is 9.25. The number of para-hydroxylation sites is 1. The highest BCUT2D eigenvalue weighted by molar-refractivity contribution is 5.81. The summed E-state index contributed by atoms with van der Waals surface area (Å²) in [6, 6.07) is 13.5. The molecule has 0 amide bonds. The van der Waals surface area contributed by atoms with Crippen LogP contribution in [0, 0.1) is 24.5 Å². The van der Waals surface area contributed by atoms with E-state index in [1.54, 1.807) is 9.75 Å². The molecular weight excluding hydrogens is 490 g/mol. The number of hydrogen-bond acceptors (Lipinski definition) is 6. The van der Waals surface area contributed by atoms with Crippen LogP contribution >= 0.6 is 0 Å². The normalized spacial score (nSPS) is 17.9. The van der Waals surface area contributed by atoms with Crippen molar-refractivity contribution in [1.29, 1.82) is 0 Å². The number of ketones is 1. The molecule has 0 radical (unpaired) electrons. The number of nitrogens with zero attached hydrogens (tertiary/aromatic N) is 4. The number of aromatic nitrogens is 2. The Morgan fingerprint density at radius 2 is 1.92 bits per heavy atom. The van der Waals surface area contributed by atoms with Crippen LogP contribution in [0.2, 0.25) is 0 Å². The molecule has 0 aliphatic carbocycles. The molecular formula is C29H36F2N4O3. The van der Waals surface area contributed by atoms with Gasteiger partial charge >= 0.3 is 0 Å². The van der Waals surface area contributed by atoms with Crippen molar-refractivity contribution in [1.82, 2.24) is 19.7 Å². The van der Waals surface area contributed by atoms with Crippen molar-refractivity contribution in [2.24, 2.45) is 5.92 Å². The van der Waals surface area contributed by atoms with Gasteiger partial charge in [-0.2, -0.15) is 5.06 Å². The van der Waals surface area contributed by atoms with E-state index in [1.807, 2.05) is 58.3 Å². The summed E-state index contributed by atoms with van der Waals surface area (Å²) in [5.74, 6) is -1.48. The zero-order chi connectivity index (χ0) is 27.2. The average molecular weight is 527 g/mol. The van der Waals surface area contributed by atoms with E-state index in [-0.39, 0.29) is 24.5 Å². The molecule has 1 fully saturated rings. The van der Waals surface area contributed by atoms with Gasteiger partial charge in [0.05, 0.1) is 18.0 Å². The van der Waals surface area contributed by atoms with Gasteiger partial charge in [0.15, 0.2) is 11.6 Å². The van der Waals surface area contributed by atoms with Gasteiger partial charge in [0, 0.05) is 44.0 Å². The third kappa shape index (κ3) is 6.64. The summed E-state index contributed by atoms with van der Waals surface area (Å²) in [6.45, 7) is 6.47. The molecule has 38 heavy (non-hydrogen) atoms. The fourth-order valence-corrected chi connectivity index (χ4v) is 4.78. The van der Waals surface area contributed by atoms with Crippen molar-refractivity contribution in [3.8, 4) is 11.6 Å². The highest BCUT2D eigenvalue weighted by atomic mass is 19.2. The second kappa shape index (κ2) is 12.6. The summed E-state index contributed by atoms with van der Waals surface area (Å²) in [5.41, 5.74) is 2.99. The second-order valence-electron chi connectivity index (χ2n) is 9.99. The van der Waals surface area contributed by atoms with Crippen LogP contribution in [0.3, 0.4) is 0 Å². The van der Waals surface area contributed by atoms with Gasteiger partial charge < -0.3 is 9.64 Å². The Balaban J connectivity index is 1.53. The van der Waals surface area contributed by atoms with E-state index in [9.17, 15) is 13.6 Å². The number of hydrogen-bond donors (Lipinski definition) is 0. The van der Waals surface area contributed by atoms with Crippen LogP contribution < -0.4 is 4.74 Å². The van der Waals surface area contributed by atoms with Crippen LogP contribution in [-0.2, 0) is 16.1 Å². The summed E-state index contributed by atoms with van der Waals surface area (Å²) < 4.78 is 35.3. The molecule has 0 N–H and O–H groups in total. The van der Waals surface area contributed by atoms with E-state index >= 15 is 0 Å². The SMILES string of the molecule is CCN1C[C@@H](CC(=O)Cc2c(C)c(OCCCN(C)C)nn2-c2ccccc2)[C@H](c2ccc(F)c(F)c2)O1. The molecule has 1 saturated heterocycles. The lowest BCUT2D eigenvalue weighted by molar-refractivity contribution is -0.146. The van der Waals surface area contributed by atoms with Crippen LogP contribution in [-0.4, -0.2) is 65.9 Å². The van der Waals surface area contributed by atoms with Crippen molar-refractivity contribution in [2.75, 3.05) is 40.3 Å². The van der Waals surface area contributed by atoms with Gasteiger partial charge in [-0.15, -0.1) is 5.10 Å². The van der Waals surface area contributed by atoms with Crippen LogP contribution in [0.1, 0.15) is 42.7 Å². The number of hydroxylamine groups is 2. The fourth-order valence-electron chi connectivity index (χ4n) is 4.78. The first-order valence-electron chi connectivity index (χ1n) is 13.1. The number of halogens is 2. The molecule has 2 heterocycles. The molecule has 4 rings (SSSR count). The lowest BCUT2D eigenvalue weighted by Crippen LogP contribution is -2.20. The molecule has 1 aliphatic rings. The minimum atomic E-state index is -0.924. The van der Waals surface area contributed by atoms with Crippen molar-refractivity contribution >= 4 is 5.78 Å². The first-order chi connectivity index (χ1) is 18.3. The highest BCUT2D eigenvalue weighted by Crippen LogP contribution is 2.37. The van der Waals surface area contributed by atoms with E-state index in [0.717, 1.165) is 42.0 Å². The maximum absolute atomic E-state index is 14.0. The van der Waals surface area contributed by atoms with Crippen molar-refractivity contribution < 1.29 is 23.1 Å². The minimum Gasteiger partial charge on any atom is -0.476 e. The van der Waals surface area contributed by atoms with Crippen molar-refractivity contribution in [3.05, 3.63) is 77.0 Å². The Bertz CT molecular complexity index is 1230. The molecule has 204 valence electrons. The Morgan fingerprint density at radius 1 is 1.16 bits per heavy atom. The topological polar surface area (TPSA) is 59.8 Å². The van der Waals surface area contributed by atoms with Crippen molar-refractivity contribution in [3.63, 3.8) is 0 Å². The monoisotopic (exact) mass is 526 g/mol. The van der Waals surface area contributed by atoms with E-state index < -0.39 is 17.7 Å². The van der Waals surface area contributed by atoms with E-state index in [4.69, 9.17) is 14.7 Å². The zero-order valence-corrected chi connectivity index (χ0v) is 22.5. The predicted molar refractivity (Wildman–Crippen MR) is 141 cm³/mol. The van der Waals surface area contributed by atoms with Crippen LogP contribution in [0.4, 0.5) is 8.78 Å². The Hall–Kier alpha value is -3.14. The number of carbonyl (C=O) groups excluding carboxylic acids is 1. The van der Waals surface area contributed by atoms with Gasteiger partial charge in [-0.3, -0.25) is 9.63 Å². The predicted octanol–water partition coefficient (Wildman–Crippen LogP) is 4.92. The van der Waals surface area contributed by atoms with E-state index in [0.29, 0.717) is 31.1 Å². The maximum atomic E-state index is 14.0. The molecule has 7 nitrogen and oxygen atoms in total. The van der Waals surface area contributed by atoms with E-state index in [2.05, 4.69) is 4.90 Å². The maximum Gasteiger partial charge on any atom is 0.236 e. The summed E-state index contributed by atoms with van der Waals surface area (Å²) in [7, 11) is 4.04. The van der Waals surface area contributed by atoms with Gasteiger partial charge in [0.25, 0.3) is 0 Å². The van der Waals surface area contributed by atoms with Crippen LogP contribution in [0.25, 0.3) is 5.69 Å². The largest absolute Gasteiger partial charge is 0.476 e. The molecule has 2 atom stereocenters. The minimum absolute atomic E-state index is 0.0171. The molecule has 9 heteroatoms. The van der Waals surface area contributed by atoms with Gasteiger partial charge in [-0.05, 0) is 57.3 Å². The van der Waals surface area contributed by atoms with Crippen LogP contribution in [0.5, 0.6) is 5.88 Å². The first kappa shape index (κ1) is 27.9. The molecule has 0 bridgehead atoms. The fraction of sp³-hybridized carbons (Fsp3) is 0.448. The lowest BCUT2D eigenvalue weighted by atomic mass is 9.90. The smallest absolute Gasteiger partial charge is 0.236 e. The quantitative estimate of drug-likeness (QED) is 0.313. The number of Topliss-reactive ketones (excluding diaryl/α,β-unsaturated/α-hetero) is 1. The third-order valence-corrected chi connectivity index (χ3v) is 6.80. The standard InChI is InChI=1S/C29H36F2N4O3/c1-5-34-19-22(28(38-34)21-12-13-25(30)26(31)17-21)16-24(36)18-27-20(2)29(37-15-9-14-33(3)4)32-35(27)23-10-7-6-8-11-23/h6-8,10-13,17,22,28H,5,9,14-16,18-19H2,1-4H3/t22-,28+/m1/s1. The van der Waals surface area contributed by atoms with Gasteiger partial charge in [-0.1, -0.05) is 31.2 Å². The van der Waals surface area contributed by atoms with E-state index in [1.165, 1.54) is 6.07 Å². The van der Waals surface area contributed by atoms with Crippen LogP contribution in [0.15, 0.2) is 48.5 Å². The lowest BCUT2D eigenvalue weighted by Gasteiger charge is -2.18. The molecule has 3 aromatic rings. The van der Waals surface area contributed by atoms with Gasteiger partial charge in [0.1, 0.15) is 11.9 Å². The first-order valence-corrected chi connectivity index (χ1v) is 13.1. The molecule has 2 aromatic carbocycles. The average Bonchev–Trinajstić information content (AvgIpc) is 3.44. The molecule has 0 saturated carbocycles. The second-order valence-corrected chi connectivity index (χ2v) is 9.99. The summed E-state index contributed by atoms with van der Waals surface area (Å²) in [4.78, 5) is 21.5. The number of ether oxygens (including phenoxy) is 1. The third-order valence-electron chi connectivity index (χ3n) is 6.80. The summed E-state index contributed by atoms with van der Waals surface area (Å²) >= 11 is 0. The highest BCUT2D eigenvalue weighted by Gasteiger charge is 2.36. The molecule has 1 aliphatic heterocycles. The number of carbonyl (C=O) groups is 1. The molecule has 1 aromatic heterocycles.